The van der Waals surface area contributed by atoms with Crippen LogP contribution in [0.3, 0.4) is 0 Å². The Morgan fingerprint density at radius 3 is 2.75 bits per heavy atom. The van der Waals surface area contributed by atoms with Crippen molar-refractivity contribution >= 4 is 23.3 Å². The van der Waals surface area contributed by atoms with E-state index in [1.54, 1.807) is 6.20 Å². The molecule has 28 heavy (non-hydrogen) atoms. The number of halogens is 1. The average molecular weight is 394 g/mol. The normalized spacial score (nSPS) is 13.1. The molecule has 2 heterocycles. The van der Waals surface area contributed by atoms with Crippen molar-refractivity contribution in [1.29, 1.82) is 0 Å². The molecule has 0 bridgehead atoms. The van der Waals surface area contributed by atoms with Crippen molar-refractivity contribution in [3.8, 4) is 5.75 Å². The number of fused-ring (bicyclic) bond motifs is 1. The smallest absolute Gasteiger partial charge is 0.255 e. The third-order valence-corrected chi connectivity index (χ3v) is 5.16. The first-order valence-corrected chi connectivity index (χ1v) is 9.51. The molecule has 0 atom stereocenters. The molecule has 6 heteroatoms. The number of nitrogens with zero attached hydrogens (tertiary/aromatic N) is 2. The summed E-state index contributed by atoms with van der Waals surface area (Å²) in [6, 6.07) is 16.8. The maximum Gasteiger partial charge on any atom is 0.255 e. The van der Waals surface area contributed by atoms with Gasteiger partial charge in [-0.3, -0.25) is 4.79 Å². The topological polar surface area (TPSA) is 65.5 Å². The lowest BCUT2D eigenvalue weighted by atomic mass is 10.00. The van der Waals surface area contributed by atoms with E-state index in [4.69, 9.17) is 11.6 Å². The maximum absolute atomic E-state index is 12.3. The van der Waals surface area contributed by atoms with Gasteiger partial charge in [0.1, 0.15) is 11.6 Å². The van der Waals surface area contributed by atoms with E-state index in [0.29, 0.717) is 11.6 Å². The molecule has 4 rings (SSSR count). The van der Waals surface area contributed by atoms with Gasteiger partial charge in [-0.1, -0.05) is 41.9 Å². The molecule has 142 valence electrons. The molecule has 0 aliphatic carbocycles. The molecule has 0 radical (unpaired) electrons. The standard InChI is InChI=1S/C22H20ClN3O2/c23-18-6-7-20(27)19(11-18)22(28)25-13-15-5-8-21(24-12-15)26-10-9-16-3-1-2-4-17(16)14-26/h1-8,11-12,27H,9-10,13-14H2,(H,25,28). The minimum absolute atomic E-state index is 0.0965. The molecule has 2 N–H and O–H groups in total. The molecule has 2 aromatic carbocycles. The van der Waals surface area contributed by atoms with Crippen molar-refractivity contribution in [2.45, 2.75) is 19.5 Å². The Morgan fingerprint density at radius 2 is 1.96 bits per heavy atom. The summed E-state index contributed by atoms with van der Waals surface area (Å²) in [6.45, 7) is 2.11. The Labute approximate surface area is 168 Å². The first-order chi connectivity index (χ1) is 13.6. The first kappa shape index (κ1) is 18.3. The molecular weight excluding hydrogens is 374 g/mol. The SMILES string of the molecule is O=C(NCc1ccc(N2CCc3ccccc3C2)nc1)c1cc(Cl)ccc1O. The Bertz CT molecular complexity index is 1000. The Morgan fingerprint density at radius 1 is 1.14 bits per heavy atom. The van der Waals surface area contributed by atoms with E-state index >= 15 is 0 Å². The fourth-order valence-corrected chi connectivity index (χ4v) is 3.54. The number of benzene rings is 2. The minimum atomic E-state index is -0.378. The van der Waals surface area contributed by atoms with Crippen LogP contribution in [0.2, 0.25) is 5.02 Å². The van der Waals surface area contributed by atoms with Crippen LogP contribution in [0.4, 0.5) is 5.82 Å². The molecule has 3 aromatic rings. The Balaban J connectivity index is 1.39. The number of carbonyl (C=O) groups is 1. The van der Waals surface area contributed by atoms with Crippen molar-refractivity contribution in [1.82, 2.24) is 10.3 Å². The maximum atomic E-state index is 12.3. The molecule has 1 aromatic heterocycles. The summed E-state index contributed by atoms with van der Waals surface area (Å²) in [7, 11) is 0. The second-order valence-electron chi connectivity index (χ2n) is 6.81. The van der Waals surface area contributed by atoms with Crippen LogP contribution in [0.5, 0.6) is 5.75 Å². The number of rotatable bonds is 4. The largest absolute Gasteiger partial charge is 0.507 e. The van der Waals surface area contributed by atoms with E-state index in [9.17, 15) is 9.90 Å². The predicted molar refractivity (Wildman–Crippen MR) is 110 cm³/mol. The van der Waals surface area contributed by atoms with Crippen LogP contribution in [0.1, 0.15) is 27.0 Å². The van der Waals surface area contributed by atoms with E-state index in [0.717, 1.165) is 30.9 Å². The summed E-state index contributed by atoms with van der Waals surface area (Å²) in [6.07, 6.45) is 2.78. The third-order valence-electron chi connectivity index (χ3n) is 4.92. The van der Waals surface area contributed by atoms with Crippen molar-refractivity contribution in [3.05, 3.63) is 88.1 Å². The van der Waals surface area contributed by atoms with Crippen molar-refractivity contribution in [2.24, 2.45) is 0 Å². The number of hydrogen-bond donors (Lipinski definition) is 2. The van der Waals surface area contributed by atoms with Crippen LogP contribution >= 0.6 is 11.6 Å². The number of aromatic hydroxyl groups is 1. The summed E-state index contributed by atoms with van der Waals surface area (Å²) in [5.41, 5.74) is 3.79. The third kappa shape index (κ3) is 3.94. The number of amides is 1. The van der Waals surface area contributed by atoms with Gasteiger partial charge >= 0.3 is 0 Å². The van der Waals surface area contributed by atoms with Gasteiger partial charge in [-0.25, -0.2) is 4.98 Å². The fourth-order valence-electron chi connectivity index (χ4n) is 3.37. The highest BCUT2D eigenvalue weighted by atomic mass is 35.5. The first-order valence-electron chi connectivity index (χ1n) is 9.13. The van der Waals surface area contributed by atoms with Gasteiger partial charge < -0.3 is 15.3 Å². The molecule has 1 aliphatic rings. The van der Waals surface area contributed by atoms with Crippen LogP contribution in [-0.4, -0.2) is 22.5 Å². The number of phenolic OH excluding ortho intramolecular Hbond substituents is 1. The highest BCUT2D eigenvalue weighted by molar-refractivity contribution is 6.31. The molecule has 1 aliphatic heterocycles. The minimum Gasteiger partial charge on any atom is -0.507 e. The number of pyridine rings is 1. The number of aromatic nitrogens is 1. The lowest BCUT2D eigenvalue weighted by Crippen LogP contribution is -2.31. The van der Waals surface area contributed by atoms with Crippen LogP contribution in [0.15, 0.2) is 60.8 Å². The molecule has 1 amide bonds. The highest BCUT2D eigenvalue weighted by Crippen LogP contribution is 2.23. The summed E-state index contributed by atoms with van der Waals surface area (Å²) in [5, 5.41) is 13.0. The quantitative estimate of drug-likeness (QED) is 0.704. The monoisotopic (exact) mass is 393 g/mol. The summed E-state index contributed by atoms with van der Waals surface area (Å²) >= 11 is 5.90. The molecular formula is C22H20ClN3O2. The molecule has 0 saturated carbocycles. The highest BCUT2D eigenvalue weighted by Gasteiger charge is 2.17. The Kier molecular flexibility index (Phi) is 5.17. The Hall–Kier alpha value is -3.05. The van der Waals surface area contributed by atoms with Gasteiger partial charge in [-0.05, 0) is 47.4 Å². The number of carbonyl (C=O) groups excluding carboxylic acids is 1. The summed E-state index contributed by atoms with van der Waals surface area (Å²) in [5.74, 6) is 0.453. The zero-order valence-corrected chi connectivity index (χ0v) is 16.0. The molecule has 5 nitrogen and oxygen atoms in total. The number of hydrogen-bond acceptors (Lipinski definition) is 4. The van der Waals surface area contributed by atoms with E-state index in [1.807, 2.05) is 12.1 Å². The number of phenols is 1. The van der Waals surface area contributed by atoms with Crippen molar-refractivity contribution in [2.75, 3.05) is 11.4 Å². The van der Waals surface area contributed by atoms with E-state index in [1.165, 1.54) is 29.3 Å². The van der Waals surface area contributed by atoms with Crippen molar-refractivity contribution in [3.63, 3.8) is 0 Å². The second-order valence-corrected chi connectivity index (χ2v) is 7.25. The molecule has 0 saturated heterocycles. The predicted octanol–water partition coefficient (Wildman–Crippen LogP) is 3.93. The van der Waals surface area contributed by atoms with Gasteiger partial charge in [0.15, 0.2) is 0 Å². The lowest BCUT2D eigenvalue weighted by molar-refractivity contribution is 0.0948. The van der Waals surface area contributed by atoms with Gasteiger partial charge in [0, 0.05) is 30.9 Å². The van der Waals surface area contributed by atoms with Crippen LogP contribution in [-0.2, 0) is 19.5 Å². The van der Waals surface area contributed by atoms with Gasteiger partial charge in [-0.15, -0.1) is 0 Å². The van der Waals surface area contributed by atoms with Gasteiger partial charge in [-0.2, -0.15) is 0 Å². The van der Waals surface area contributed by atoms with Gasteiger partial charge in [0.05, 0.1) is 5.56 Å². The summed E-state index contributed by atoms with van der Waals surface area (Å²) in [4.78, 5) is 19.1. The number of nitrogens with one attached hydrogen (secondary N) is 1. The zero-order chi connectivity index (χ0) is 19.5. The zero-order valence-electron chi connectivity index (χ0n) is 15.2. The molecule has 0 spiro atoms. The lowest BCUT2D eigenvalue weighted by Gasteiger charge is -2.29. The van der Waals surface area contributed by atoms with Crippen LogP contribution in [0.25, 0.3) is 0 Å². The second kappa shape index (κ2) is 7.90. The number of anilines is 1. The summed E-state index contributed by atoms with van der Waals surface area (Å²) < 4.78 is 0. The van der Waals surface area contributed by atoms with E-state index < -0.39 is 0 Å². The van der Waals surface area contributed by atoms with Gasteiger partial charge in [0.25, 0.3) is 5.91 Å². The fraction of sp³-hybridized carbons (Fsp3) is 0.182. The van der Waals surface area contributed by atoms with Crippen molar-refractivity contribution < 1.29 is 9.90 Å². The van der Waals surface area contributed by atoms with Crippen LogP contribution in [0, 0.1) is 0 Å². The van der Waals surface area contributed by atoms with Crippen LogP contribution < -0.4 is 10.2 Å². The van der Waals surface area contributed by atoms with E-state index in [2.05, 4.69) is 39.5 Å². The molecule has 0 fully saturated rings. The average Bonchev–Trinajstić information content (AvgIpc) is 2.74. The molecule has 0 unspecified atom stereocenters. The van der Waals surface area contributed by atoms with E-state index in [-0.39, 0.29) is 17.2 Å². The van der Waals surface area contributed by atoms with Gasteiger partial charge in [0.2, 0.25) is 0 Å².